The van der Waals surface area contributed by atoms with Crippen LogP contribution in [0.2, 0.25) is 0 Å². The number of halogens is 3. The zero-order valence-electron chi connectivity index (χ0n) is 10.8. The van der Waals surface area contributed by atoms with E-state index in [1.165, 1.54) is 12.1 Å². The van der Waals surface area contributed by atoms with Gasteiger partial charge in [-0.3, -0.25) is 4.79 Å². The highest BCUT2D eigenvalue weighted by Gasteiger charge is 2.30. The Hall–Kier alpha value is -1.56. The zero-order chi connectivity index (χ0) is 14.6. The van der Waals surface area contributed by atoms with E-state index in [9.17, 15) is 18.0 Å². The molecule has 0 heterocycles. The number of nitrogens with two attached hydrogens (primary N) is 1. The van der Waals surface area contributed by atoms with E-state index in [2.05, 4.69) is 5.32 Å². The van der Waals surface area contributed by atoms with Gasteiger partial charge in [0.05, 0.1) is 11.6 Å². The van der Waals surface area contributed by atoms with Crippen LogP contribution < -0.4 is 11.1 Å². The third kappa shape index (κ3) is 4.24. The van der Waals surface area contributed by atoms with Gasteiger partial charge in [0.15, 0.2) is 0 Å². The summed E-state index contributed by atoms with van der Waals surface area (Å²) in [5.41, 5.74) is 5.00. The molecule has 0 spiro atoms. The van der Waals surface area contributed by atoms with Crippen LogP contribution >= 0.6 is 0 Å². The lowest BCUT2D eigenvalue weighted by Crippen LogP contribution is -2.40. The fraction of sp³-hybridized carbons (Fsp3) is 0.462. The molecule has 1 aromatic carbocycles. The maximum Gasteiger partial charge on any atom is 0.416 e. The predicted octanol–water partition coefficient (Wildman–Crippen LogP) is 3.02. The van der Waals surface area contributed by atoms with Gasteiger partial charge in [-0.1, -0.05) is 26.3 Å². The fourth-order valence-electron chi connectivity index (χ4n) is 1.51. The van der Waals surface area contributed by atoms with Crippen molar-refractivity contribution < 1.29 is 18.0 Å². The SMILES string of the molecule is CCC(C)C(N)C(=O)Nc1cccc(C(F)(F)F)c1. The van der Waals surface area contributed by atoms with E-state index in [0.717, 1.165) is 18.6 Å². The van der Waals surface area contributed by atoms with Gasteiger partial charge in [-0.05, 0) is 24.1 Å². The molecule has 6 heteroatoms. The van der Waals surface area contributed by atoms with Crippen molar-refractivity contribution in [2.75, 3.05) is 5.32 Å². The molecule has 3 N–H and O–H groups in total. The fourth-order valence-corrected chi connectivity index (χ4v) is 1.51. The third-order valence-electron chi connectivity index (χ3n) is 3.02. The summed E-state index contributed by atoms with van der Waals surface area (Å²) in [4.78, 5) is 11.8. The molecule has 0 saturated carbocycles. The monoisotopic (exact) mass is 274 g/mol. The molecule has 0 radical (unpaired) electrons. The van der Waals surface area contributed by atoms with E-state index >= 15 is 0 Å². The molecular formula is C13H17F3N2O. The Labute approximate surface area is 110 Å². The normalized spacial score (nSPS) is 14.8. The molecule has 1 rings (SSSR count). The van der Waals surface area contributed by atoms with Crippen LogP contribution in [0, 0.1) is 5.92 Å². The molecule has 0 fully saturated rings. The number of rotatable bonds is 4. The summed E-state index contributed by atoms with van der Waals surface area (Å²) in [5.74, 6) is -0.514. The second-order valence-corrected chi connectivity index (χ2v) is 4.48. The molecule has 0 aliphatic rings. The van der Waals surface area contributed by atoms with Crippen molar-refractivity contribution in [3.05, 3.63) is 29.8 Å². The van der Waals surface area contributed by atoms with Crippen LogP contribution in [0.4, 0.5) is 18.9 Å². The molecule has 0 aliphatic carbocycles. The van der Waals surface area contributed by atoms with Crippen LogP contribution in [0.25, 0.3) is 0 Å². The van der Waals surface area contributed by atoms with Crippen molar-refractivity contribution in [1.82, 2.24) is 0 Å². The van der Waals surface area contributed by atoms with E-state index in [1.807, 2.05) is 13.8 Å². The standard InChI is InChI=1S/C13H17F3N2O/c1-3-8(2)11(17)12(19)18-10-6-4-5-9(7-10)13(14,15)16/h4-8,11H,3,17H2,1-2H3,(H,18,19). The van der Waals surface area contributed by atoms with Crippen molar-refractivity contribution in [2.45, 2.75) is 32.5 Å². The van der Waals surface area contributed by atoms with E-state index < -0.39 is 23.7 Å². The highest BCUT2D eigenvalue weighted by Crippen LogP contribution is 2.30. The first-order valence-electron chi connectivity index (χ1n) is 5.99. The highest BCUT2D eigenvalue weighted by molar-refractivity contribution is 5.94. The summed E-state index contributed by atoms with van der Waals surface area (Å²) < 4.78 is 37.5. The largest absolute Gasteiger partial charge is 0.416 e. The summed E-state index contributed by atoms with van der Waals surface area (Å²) in [6, 6.07) is 3.74. The summed E-state index contributed by atoms with van der Waals surface area (Å²) in [6.07, 6.45) is -3.71. The van der Waals surface area contributed by atoms with E-state index in [4.69, 9.17) is 5.73 Å². The molecule has 2 atom stereocenters. The molecule has 3 nitrogen and oxygen atoms in total. The minimum atomic E-state index is -4.43. The number of anilines is 1. The van der Waals surface area contributed by atoms with Gasteiger partial charge in [0.25, 0.3) is 0 Å². The summed E-state index contributed by atoms with van der Waals surface area (Å²) in [5, 5.41) is 2.41. The van der Waals surface area contributed by atoms with Gasteiger partial charge in [-0.15, -0.1) is 0 Å². The van der Waals surface area contributed by atoms with E-state index in [0.29, 0.717) is 0 Å². The Balaban J connectivity index is 2.80. The molecule has 0 aliphatic heterocycles. The van der Waals surface area contributed by atoms with Gasteiger partial charge in [-0.2, -0.15) is 13.2 Å². The highest BCUT2D eigenvalue weighted by atomic mass is 19.4. The van der Waals surface area contributed by atoms with Crippen molar-refractivity contribution in [3.63, 3.8) is 0 Å². The number of alkyl halides is 3. The van der Waals surface area contributed by atoms with Gasteiger partial charge in [0, 0.05) is 5.69 Å². The smallest absolute Gasteiger partial charge is 0.325 e. The Morgan fingerprint density at radius 3 is 2.58 bits per heavy atom. The minimum Gasteiger partial charge on any atom is -0.325 e. The van der Waals surface area contributed by atoms with Crippen LogP contribution in [0.1, 0.15) is 25.8 Å². The van der Waals surface area contributed by atoms with Crippen LogP contribution in [0.5, 0.6) is 0 Å². The maximum atomic E-state index is 12.5. The lowest BCUT2D eigenvalue weighted by molar-refractivity contribution is -0.137. The average molecular weight is 274 g/mol. The Morgan fingerprint density at radius 2 is 2.05 bits per heavy atom. The number of benzene rings is 1. The van der Waals surface area contributed by atoms with Gasteiger partial charge in [0.2, 0.25) is 5.91 Å². The van der Waals surface area contributed by atoms with Gasteiger partial charge >= 0.3 is 6.18 Å². The molecule has 2 unspecified atom stereocenters. The Kier molecular flexibility index (Phi) is 4.94. The molecule has 1 aromatic rings. The van der Waals surface area contributed by atoms with Gasteiger partial charge in [0.1, 0.15) is 0 Å². The number of hydrogen-bond acceptors (Lipinski definition) is 2. The van der Waals surface area contributed by atoms with Crippen LogP contribution in [0.15, 0.2) is 24.3 Å². The molecular weight excluding hydrogens is 257 g/mol. The predicted molar refractivity (Wildman–Crippen MR) is 67.5 cm³/mol. The van der Waals surface area contributed by atoms with Crippen LogP contribution in [0.3, 0.4) is 0 Å². The van der Waals surface area contributed by atoms with Crippen LogP contribution in [-0.2, 0) is 11.0 Å². The molecule has 19 heavy (non-hydrogen) atoms. The molecule has 0 saturated heterocycles. The second-order valence-electron chi connectivity index (χ2n) is 4.48. The lowest BCUT2D eigenvalue weighted by Gasteiger charge is -2.18. The van der Waals surface area contributed by atoms with Crippen molar-refractivity contribution in [3.8, 4) is 0 Å². The molecule has 106 valence electrons. The second kappa shape index (κ2) is 6.06. The van der Waals surface area contributed by atoms with Crippen molar-refractivity contribution >= 4 is 11.6 Å². The maximum absolute atomic E-state index is 12.5. The zero-order valence-corrected chi connectivity index (χ0v) is 10.8. The number of amides is 1. The Morgan fingerprint density at radius 1 is 1.42 bits per heavy atom. The first-order valence-corrected chi connectivity index (χ1v) is 5.99. The lowest BCUT2D eigenvalue weighted by atomic mass is 9.99. The topological polar surface area (TPSA) is 55.1 Å². The molecule has 1 amide bonds. The van der Waals surface area contributed by atoms with E-state index in [1.54, 1.807) is 0 Å². The van der Waals surface area contributed by atoms with Crippen LogP contribution in [-0.4, -0.2) is 11.9 Å². The number of carbonyl (C=O) groups excluding carboxylic acids is 1. The summed E-state index contributed by atoms with van der Waals surface area (Å²) in [7, 11) is 0. The van der Waals surface area contributed by atoms with Gasteiger partial charge in [-0.25, -0.2) is 0 Å². The summed E-state index contributed by atoms with van der Waals surface area (Å²) >= 11 is 0. The first kappa shape index (κ1) is 15.5. The molecule has 0 aromatic heterocycles. The van der Waals surface area contributed by atoms with Crippen molar-refractivity contribution in [2.24, 2.45) is 11.7 Å². The number of hydrogen-bond donors (Lipinski definition) is 2. The first-order chi connectivity index (χ1) is 8.75. The minimum absolute atomic E-state index is 0.0363. The number of carbonyl (C=O) groups is 1. The summed E-state index contributed by atoms with van der Waals surface area (Å²) in [6.45, 7) is 3.71. The van der Waals surface area contributed by atoms with Gasteiger partial charge < -0.3 is 11.1 Å². The number of nitrogens with one attached hydrogen (secondary N) is 1. The average Bonchev–Trinajstić information content (AvgIpc) is 2.36. The quantitative estimate of drug-likeness (QED) is 0.886. The molecule has 0 bridgehead atoms. The van der Waals surface area contributed by atoms with E-state index in [-0.39, 0.29) is 11.6 Å². The Bertz CT molecular complexity index is 446. The van der Waals surface area contributed by atoms with Crippen molar-refractivity contribution in [1.29, 1.82) is 0 Å². The third-order valence-corrected chi connectivity index (χ3v) is 3.02.